The highest BCUT2D eigenvalue weighted by Crippen LogP contribution is 2.32. The van der Waals surface area contributed by atoms with Gasteiger partial charge < -0.3 is 5.32 Å². The van der Waals surface area contributed by atoms with E-state index in [1.54, 1.807) is 0 Å². The normalized spacial score (nSPS) is 19.5. The predicted octanol–water partition coefficient (Wildman–Crippen LogP) is 2.47. The van der Waals surface area contributed by atoms with Crippen LogP contribution in [-0.2, 0) is 11.0 Å². The zero-order chi connectivity index (χ0) is 14.0. The Labute approximate surface area is 111 Å². The number of thioether (sulfide) groups is 1. The van der Waals surface area contributed by atoms with E-state index in [0.29, 0.717) is 12.2 Å². The zero-order valence-electron chi connectivity index (χ0n) is 9.66. The molecule has 1 atom stereocenters. The Morgan fingerprint density at radius 2 is 2.00 bits per heavy atom. The lowest BCUT2D eigenvalue weighted by Gasteiger charge is -2.14. The fourth-order valence-electron chi connectivity index (χ4n) is 1.79. The molecule has 3 nitrogen and oxygen atoms in total. The molecule has 0 aromatic heterocycles. The molecule has 1 amide bonds. The molecule has 1 unspecified atom stereocenters. The second-order valence-corrected chi connectivity index (χ2v) is 5.12. The smallest absolute Gasteiger partial charge is 0.341 e. The van der Waals surface area contributed by atoms with Crippen molar-refractivity contribution in [3.8, 4) is 0 Å². The third kappa shape index (κ3) is 3.09. The van der Waals surface area contributed by atoms with Gasteiger partial charge >= 0.3 is 6.18 Å². The number of benzene rings is 1. The van der Waals surface area contributed by atoms with Crippen LogP contribution in [0.2, 0.25) is 0 Å². The number of halogens is 3. The van der Waals surface area contributed by atoms with Crippen LogP contribution in [0, 0.1) is 0 Å². The molecule has 7 heteroatoms. The molecule has 0 aliphatic carbocycles. The summed E-state index contributed by atoms with van der Waals surface area (Å²) in [6.45, 7) is 0. The first-order chi connectivity index (χ1) is 8.89. The van der Waals surface area contributed by atoms with Crippen LogP contribution in [0.3, 0.4) is 0 Å². The van der Waals surface area contributed by atoms with Gasteiger partial charge in [0.2, 0.25) is 5.12 Å². The first-order valence-corrected chi connectivity index (χ1v) is 6.52. The maximum atomic E-state index is 12.7. The third-order valence-corrected chi connectivity index (χ3v) is 3.73. The zero-order valence-corrected chi connectivity index (χ0v) is 10.5. The van der Waals surface area contributed by atoms with E-state index >= 15 is 0 Å². The number of nitrogens with one attached hydrogen (secondary N) is 1. The second-order valence-electron chi connectivity index (χ2n) is 4.03. The lowest BCUT2D eigenvalue weighted by Crippen LogP contribution is -2.38. The Morgan fingerprint density at radius 3 is 2.58 bits per heavy atom. The van der Waals surface area contributed by atoms with E-state index in [0.717, 1.165) is 23.9 Å². The van der Waals surface area contributed by atoms with E-state index < -0.39 is 29.3 Å². The molecule has 0 spiro atoms. The SMILES string of the molecule is O=C(NC1CCSC1=O)c1ccccc1C(F)(F)F. The van der Waals surface area contributed by atoms with Crippen LogP contribution in [0.15, 0.2) is 24.3 Å². The third-order valence-electron chi connectivity index (χ3n) is 2.72. The van der Waals surface area contributed by atoms with Crippen molar-refractivity contribution in [2.24, 2.45) is 0 Å². The predicted molar refractivity (Wildman–Crippen MR) is 64.8 cm³/mol. The molecular weight excluding hydrogens is 279 g/mol. The van der Waals surface area contributed by atoms with Crippen LogP contribution in [0.25, 0.3) is 0 Å². The van der Waals surface area contributed by atoms with Crippen molar-refractivity contribution in [3.05, 3.63) is 35.4 Å². The highest BCUT2D eigenvalue weighted by atomic mass is 32.2. The molecule has 2 rings (SSSR count). The van der Waals surface area contributed by atoms with E-state index in [9.17, 15) is 22.8 Å². The number of amides is 1. The maximum absolute atomic E-state index is 12.7. The molecule has 0 radical (unpaired) electrons. The topological polar surface area (TPSA) is 46.2 Å². The average molecular weight is 289 g/mol. The molecule has 1 heterocycles. The lowest BCUT2D eigenvalue weighted by molar-refractivity contribution is -0.137. The lowest BCUT2D eigenvalue weighted by atomic mass is 10.1. The van der Waals surface area contributed by atoms with E-state index in [2.05, 4.69) is 5.32 Å². The number of carbonyl (C=O) groups is 2. The van der Waals surface area contributed by atoms with Gasteiger partial charge in [0, 0.05) is 5.75 Å². The quantitative estimate of drug-likeness (QED) is 0.909. The van der Waals surface area contributed by atoms with Crippen LogP contribution in [-0.4, -0.2) is 22.8 Å². The molecule has 19 heavy (non-hydrogen) atoms. The van der Waals surface area contributed by atoms with Gasteiger partial charge in [0.05, 0.1) is 17.2 Å². The number of alkyl halides is 3. The minimum atomic E-state index is -4.59. The van der Waals surface area contributed by atoms with Gasteiger partial charge in [0.25, 0.3) is 5.91 Å². The van der Waals surface area contributed by atoms with Gasteiger partial charge in [0.1, 0.15) is 0 Å². The molecule has 1 aromatic rings. The molecule has 1 fully saturated rings. The Balaban J connectivity index is 2.22. The van der Waals surface area contributed by atoms with Crippen LogP contribution in [0.4, 0.5) is 13.2 Å². The number of rotatable bonds is 2. The van der Waals surface area contributed by atoms with Gasteiger partial charge in [-0.3, -0.25) is 9.59 Å². The molecule has 0 saturated carbocycles. The van der Waals surface area contributed by atoms with E-state index in [1.165, 1.54) is 12.1 Å². The van der Waals surface area contributed by atoms with Gasteiger partial charge in [-0.1, -0.05) is 23.9 Å². The maximum Gasteiger partial charge on any atom is 0.417 e. The first kappa shape index (κ1) is 13.9. The van der Waals surface area contributed by atoms with Gasteiger partial charge in [-0.05, 0) is 18.6 Å². The molecule has 102 valence electrons. The van der Waals surface area contributed by atoms with Crippen LogP contribution >= 0.6 is 11.8 Å². The molecule has 1 aromatic carbocycles. The largest absolute Gasteiger partial charge is 0.417 e. The van der Waals surface area contributed by atoms with Crippen molar-refractivity contribution in [2.75, 3.05) is 5.75 Å². The summed E-state index contributed by atoms with van der Waals surface area (Å²) < 4.78 is 38.2. The van der Waals surface area contributed by atoms with Crippen molar-refractivity contribution in [2.45, 2.75) is 18.6 Å². The van der Waals surface area contributed by atoms with Crippen molar-refractivity contribution in [1.29, 1.82) is 0 Å². The number of hydrogen-bond acceptors (Lipinski definition) is 3. The fraction of sp³-hybridized carbons (Fsp3) is 0.333. The van der Waals surface area contributed by atoms with Crippen LogP contribution < -0.4 is 5.32 Å². The van der Waals surface area contributed by atoms with Gasteiger partial charge in [0.15, 0.2) is 0 Å². The summed E-state index contributed by atoms with van der Waals surface area (Å²) in [6, 6.07) is 3.83. The molecule has 1 aliphatic rings. The van der Waals surface area contributed by atoms with Gasteiger partial charge in [-0.2, -0.15) is 13.2 Å². The summed E-state index contributed by atoms with van der Waals surface area (Å²) in [4.78, 5) is 23.2. The molecule has 1 saturated heterocycles. The summed E-state index contributed by atoms with van der Waals surface area (Å²) in [5, 5.41) is 2.14. The summed E-state index contributed by atoms with van der Waals surface area (Å²) in [6.07, 6.45) is -4.15. The highest BCUT2D eigenvalue weighted by molar-refractivity contribution is 8.14. The molecule has 1 N–H and O–H groups in total. The van der Waals surface area contributed by atoms with Gasteiger partial charge in [-0.25, -0.2) is 0 Å². The van der Waals surface area contributed by atoms with Crippen molar-refractivity contribution in [3.63, 3.8) is 0 Å². The van der Waals surface area contributed by atoms with Gasteiger partial charge in [-0.15, -0.1) is 0 Å². The van der Waals surface area contributed by atoms with Crippen molar-refractivity contribution >= 4 is 22.8 Å². The van der Waals surface area contributed by atoms with Crippen molar-refractivity contribution < 1.29 is 22.8 Å². The summed E-state index contributed by atoms with van der Waals surface area (Å²) >= 11 is 1.08. The Hall–Kier alpha value is -1.50. The second kappa shape index (κ2) is 5.24. The number of carbonyl (C=O) groups excluding carboxylic acids is 2. The average Bonchev–Trinajstić information content (AvgIpc) is 2.74. The van der Waals surface area contributed by atoms with E-state index in [-0.39, 0.29) is 5.12 Å². The Kier molecular flexibility index (Phi) is 3.84. The number of hydrogen-bond donors (Lipinski definition) is 1. The summed E-state index contributed by atoms with van der Waals surface area (Å²) in [5.41, 5.74) is -1.45. The minimum absolute atomic E-state index is 0.210. The van der Waals surface area contributed by atoms with Crippen LogP contribution in [0.1, 0.15) is 22.3 Å². The van der Waals surface area contributed by atoms with E-state index in [4.69, 9.17) is 0 Å². The van der Waals surface area contributed by atoms with Crippen LogP contribution in [0.5, 0.6) is 0 Å². The molecule has 0 bridgehead atoms. The van der Waals surface area contributed by atoms with Crippen molar-refractivity contribution in [1.82, 2.24) is 5.32 Å². The Bertz CT molecular complexity index is 516. The molecule has 1 aliphatic heterocycles. The fourth-order valence-corrected chi connectivity index (χ4v) is 2.72. The minimum Gasteiger partial charge on any atom is -0.341 e. The standard InChI is InChI=1S/C12H10F3NO2S/c13-12(14,15)8-4-2-1-3-7(8)10(17)16-9-5-6-19-11(9)18/h1-4,9H,5-6H2,(H,16,17). The summed E-state index contributed by atoms with van der Waals surface area (Å²) in [5.74, 6) is -0.293. The summed E-state index contributed by atoms with van der Waals surface area (Å²) in [7, 11) is 0. The van der Waals surface area contributed by atoms with E-state index in [1.807, 2.05) is 0 Å². The monoisotopic (exact) mass is 289 g/mol. The highest BCUT2D eigenvalue weighted by Gasteiger charge is 2.36. The molecular formula is C12H10F3NO2S. The Morgan fingerprint density at radius 1 is 1.32 bits per heavy atom. The first-order valence-electron chi connectivity index (χ1n) is 5.53.